The summed E-state index contributed by atoms with van der Waals surface area (Å²) in [7, 11) is 0. The molecule has 0 atom stereocenters. The van der Waals surface area contributed by atoms with E-state index in [1.165, 1.54) is 12.1 Å². The Bertz CT molecular complexity index is 1420. The molecule has 2 aliphatic rings. The highest BCUT2D eigenvalue weighted by atomic mass is 19.4. The van der Waals surface area contributed by atoms with Crippen LogP contribution in [0.4, 0.5) is 23.7 Å². The Morgan fingerprint density at radius 2 is 1.41 bits per heavy atom. The van der Waals surface area contributed by atoms with E-state index in [9.17, 15) is 22.8 Å². The minimum absolute atomic E-state index is 0.0267. The second kappa shape index (κ2) is 13.9. The van der Waals surface area contributed by atoms with Crippen LogP contribution in [0.1, 0.15) is 76.2 Å². The molecule has 5 rings (SSSR count). The van der Waals surface area contributed by atoms with Gasteiger partial charge in [0.15, 0.2) is 5.78 Å². The lowest BCUT2D eigenvalue weighted by atomic mass is 10.00. The van der Waals surface area contributed by atoms with Crippen LogP contribution in [0.25, 0.3) is 10.8 Å². The van der Waals surface area contributed by atoms with Gasteiger partial charge in [-0.05, 0) is 99.7 Å². The van der Waals surface area contributed by atoms with Crippen LogP contribution in [0, 0.1) is 5.92 Å². The van der Waals surface area contributed by atoms with Crippen molar-refractivity contribution in [2.45, 2.75) is 78.2 Å². The molecule has 0 radical (unpaired) electrons. The van der Waals surface area contributed by atoms with E-state index in [1.54, 1.807) is 6.92 Å². The maximum Gasteiger partial charge on any atom is 0.416 e. The highest BCUT2D eigenvalue weighted by molar-refractivity contribution is 5.98. The SMILES string of the molecule is CC(=O)c1ccc2ccc(OC3CCN(c4ccc(C(F)(F)F)cc4)CC3)cc2c1.CC1CCN(C(=O)OC(C)(C)C)CC1. The molecule has 3 aromatic rings. The normalized spacial score (nSPS) is 16.7. The fourth-order valence-electron chi connectivity index (χ4n) is 5.32. The van der Waals surface area contributed by atoms with E-state index in [1.807, 2.05) is 62.1 Å². The monoisotopic (exact) mass is 612 g/mol. The van der Waals surface area contributed by atoms with Gasteiger partial charge in [0.2, 0.25) is 0 Å². The van der Waals surface area contributed by atoms with Gasteiger partial charge in [0, 0.05) is 50.3 Å². The number of anilines is 1. The van der Waals surface area contributed by atoms with Gasteiger partial charge in [0.25, 0.3) is 0 Å². The first-order valence-corrected chi connectivity index (χ1v) is 15.3. The number of hydrogen-bond acceptors (Lipinski definition) is 5. The number of likely N-dealkylation sites (tertiary alicyclic amines) is 1. The third kappa shape index (κ3) is 9.37. The fourth-order valence-corrected chi connectivity index (χ4v) is 5.32. The molecule has 2 aliphatic heterocycles. The van der Waals surface area contributed by atoms with Crippen molar-refractivity contribution in [1.82, 2.24) is 4.90 Å². The molecular weight excluding hydrogens is 569 g/mol. The second-order valence-electron chi connectivity index (χ2n) is 12.8. The van der Waals surface area contributed by atoms with Gasteiger partial charge in [-0.15, -0.1) is 0 Å². The average molecular weight is 613 g/mol. The molecule has 9 heteroatoms. The molecule has 0 unspecified atom stereocenters. The number of carbonyl (C=O) groups excluding carboxylic acids is 2. The predicted molar refractivity (Wildman–Crippen MR) is 167 cm³/mol. The number of rotatable bonds is 4. The molecule has 2 saturated heterocycles. The van der Waals surface area contributed by atoms with E-state index in [-0.39, 0.29) is 23.6 Å². The van der Waals surface area contributed by atoms with Crippen molar-refractivity contribution in [2.24, 2.45) is 5.92 Å². The summed E-state index contributed by atoms with van der Waals surface area (Å²) in [6.07, 6.45) is -0.671. The molecule has 0 N–H and O–H groups in total. The number of hydrogen-bond donors (Lipinski definition) is 0. The molecule has 6 nitrogen and oxygen atoms in total. The van der Waals surface area contributed by atoms with E-state index in [0.717, 1.165) is 92.1 Å². The van der Waals surface area contributed by atoms with E-state index in [0.29, 0.717) is 5.56 Å². The highest BCUT2D eigenvalue weighted by Crippen LogP contribution is 2.32. The summed E-state index contributed by atoms with van der Waals surface area (Å²) in [6, 6.07) is 16.8. The summed E-state index contributed by atoms with van der Waals surface area (Å²) in [4.78, 5) is 27.1. The van der Waals surface area contributed by atoms with Gasteiger partial charge in [-0.1, -0.05) is 25.1 Å². The smallest absolute Gasteiger partial charge is 0.416 e. The van der Waals surface area contributed by atoms with Gasteiger partial charge in [0.1, 0.15) is 17.5 Å². The molecule has 2 heterocycles. The average Bonchev–Trinajstić information content (AvgIpc) is 2.96. The second-order valence-corrected chi connectivity index (χ2v) is 12.8. The van der Waals surface area contributed by atoms with Crippen molar-refractivity contribution < 1.29 is 32.2 Å². The van der Waals surface area contributed by atoms with E-state index in [2.05, 4.69) is 11.8 Å². The van der Waals surface area contributed by atoms with Crippen molar-refractivity contribution >= 4 is 28.3 Å². The minimum Gasteiger partial charge on any atom is -0.490 e. The number of alkyl halides is 3. The molecule has 0 aromatic heterocycles. The summed E-state index contributed by atoms with van der Waals surface area (Å²) in [5.74, 6) is 1.53. The van der Waals surface area contributed by atoms with Gasteiger partial charge in [-0.2, -0.15) is 13.2 Å². The molecule has 0 aliphatic carbocycles. The van der Waals surface area contributed by atoms with Crippen molar-refractivity contribution in [2.75, 3.05) is 31.1 Å². The Morgan fingerprint density at radius 3 is 1.98 bits per heavy atom. The zero-order valence-corrected chi connectivity index (χ0v) is 26.2. The summed E-state index contributed by atoms with van der Waals surface area (Å²) < 4.78 is 49.6. The molecule has 0 bridgehead atoms. The molecule has 3 aromatic carbocycles. The van der Waals surface area contributed by atoms with Crippen LogP contribution >= 0.6 is 0 Å². The number of nitrogens with zero attached hydrogens (tertiary/aromatic N) is 2. The highest BCUT2D eigenvalue weighted by Gasteiger charge is 2.30. The first-order chi connectivity index (χ1) is 20.7. The fraction of sp³-hybridized carbons (Fsp3) is 0.486. The van der Waals surface area contributed by atoms with Gasteiger partial charge >= 0.3 is 12.3 Å². The maximum atomic E-state index is 12.7. The lowest BCUT2D eigenvalue weighted by Crippen LogP contribution is -2.41. The number of ketones is 1. The Hall–Kier alpha value is -3.75. The Kier molecular flexibility index (Phi) is 10.5. The number of halogens is 3. The lowest BCUT2D eigenvalue weighted by molar-refractivity contribution is -0.137. The predicted octanol–water partition coefficient (Wildman–Crippen LogP) is 8.76. The molecule has 0 saturated carbocycles. The third-order valence-corrected chi connectivity index (χ3v) is 7.96. The standard InChI is InChI=1S/C24H22F3NO2.C11H21NO2/c1-16(29)18-3-2-17-4-9-23(15-19(17)14-18)30-22-10-12-28(13-11-22)21-7-5-20(6-8-21)24(25,26)27;1-9-5-7-12(8-6-9)10(13)14-11(2,3)4/h2-9,14-15,22H,10-13H2,1H3;9H,5-8H2,1-4H3. The van der Waals surface area contributed by atoms with Crippen LogP contribution < -0.4 is 9.64 Å². The zero-order chi connectivity index (χ0) is 32.1. The number of Topliss-reactive ketones (excluding diaryl/α,β-unsaturated/α-hetero) is 1. The minimum atomic E-state index is -4.32. The third-order valence-electron chi connectivity index (χ3n) is 7.96. The molecule has 0 spiro atoms. The molecule has 44 heavy (non-hydrogen) atoms. The van der Waals surface area contributed by atoms with E-state index in [4.69, 9.17) is 9.47 Å². The van der Waals surface area contributed by atoms with Crippen molar-refractivity contribution in [3.05, 3.63) is 71.8 Å². The van der Waals surface area contributed by atoms with Crippen LogP contribution in [0.5, 0.6) is 5.75 Å². The van der Waals surface area contributed by atoms with E-state index < -0.39 is 11.7 Å². The van der Waals surface area contributed by atoms with E-state index >= 15 is 0 Å². The number of benzene rings is 3. The Balaban J connectivity index is 0.000000265. The zero-order valence-electron chi connectivity index (χ0n) is 26.2. The summed E-state index contributed by atoms with van der Waals surface area (Å²) in [5.41, 5.74) is 0.460. The van der Waals surface area contributed by atoms with Crippen LogP contribution in [0.15, 0.2) is 60.7 Å². The summed E-state index contributed by atoms with van der Waals surface area (Å²) in [5, 5.41) is 2.01. The quantitative estimate of drug-likeness (QED) is 0.276. The topological polar surface area (TPSA) is 59.1 Å². The van der Waals surface area contributed by atoms with Gasteiger partial charge < -0.3 is 19.3 Å². The molecule has 1 amide bonds. The number of ether oxygens (including phenoxy) is 2. The number of carbonyl (C=O) groups is 2. The van der Waals surface area contributed by atoms with Crippen LogP contribution in [-0.2, 0) is 10.9 Å². The maximum absolute atomic E-state index is 12.7. The molecule has 2 fully saturated rings. The van der Waals surface area contributed by atoms with Crippen LogP contribution in [-0.4, -0.2) is 54.7 Å². The van der Waals surface area contributed by atoms with Gasteiger partial charge in [-0.25, -0.2) is 4.79 Å². The summed E-state index contributed by atoms with van der Waals surface area (Å²) in [6.45, 7) is 12.6. The van der Waals surface area contributed by atoms with Crippen molar-refractivity contribution in [3.8, 4) is 5.75 Å². The Labute approximate surface area is 258 Å². The van der Waals surface area contributed by atoms with Gasteiger partial charge in [-0.3, -0.25) is 4.79 Å². The first-order valence-electron chi connectivity index (χ1n) is 15.3. The largest absolute Gasteiger partial charge is 0.490 e. The Morgan fingerprint density at radius 1 is 0.795 bits per heavy atom. The number of piperidine rings is 2. The summed E-state index contributed by atoms with van der Waals surface area (Å²) >= 11 is 0. The van der Waals surface area contributed by atoms with Crippen LogP contribution in [0.2, 0.25) is 0 Å². The lowest BCUT2D eigenvalue weighted by Gasteiger charge is -2.34. The number of amides is 1. The van der Waals surface area contributed by atoms with Crippen molar-refractivity contribution in [3.63, 3.8) is 0 Å². The number of fused-ring (bicyclic) bond motifs is 1. The first kappa shape index (κ1) is 33.1. The molecular formula is C35H43F3N2O4. The molecule has 238 valence electrons. The van der Waals surface area contributed by atoms with Crippen molar-refractivity contribution in [1.29, 1.82) is 0 Å². The van der Waals surface area contributed by atoms with Crippen LogP contribution in [0.3, 0.4) is 0 Å². The van der Waals surface area contributed by atoms with Gasteiger partial charge in [0.05, 0.1) is 5.56 Å².